The number of likely N-dealkylation sites (tertiary alicyclic amines) is 1. The van der Waals surface area contributed by atoms with Gasteiger partial charge in [-0.25, -0.2) is 8.42 Å². The van der Waals surface area contributed by atoms with E-state index in [-0.39, 0.29) is 5.75 Å². The second-order valence-electron chi connectivity index (χ2n) is 5.69. The molecule has 2 rings (SSSR count). The molecule has 1 N–H and O–H groups in total. The zero-order valence-electron chi connectivity index (χ0n) is 12.2. The molecule has 1 aromatic heterocycles. The second-order valence-corrected chi connectivity index (χ2v) is 8.73. The first-order valence-corrected chi connectivity index (χ1v) is 10.1. The number of sulfone groups is 1. The van der Waals surface area contributed by atoms with Gasteiger partial charge in [0.15, 0.2) is 0 Å². The fourth-order valence-electron chi connectivity index (χ4n) is 2.59. The Morgan fingerprint density at radius 2 is 2.15 bits per heavy atom. The van der Waals surface area contributed by atoms with E-state index in [4.69, 9.17) is 0 Å². The van der Waals surface area contributed by atoms with Gasteiger partial charge in [-0.2, -0.15) is 11.3 Å². The summed E-state index contributed by atoms with van der Waals surface area (Å²) in [5.41, 5.74) is 1.36. The van der Waals surface area contributed by atoms with Crippen LogP contribution in [0.3, 0.4) is 0 Å². The number of nitrogens with one attached hydrogen (secondary N) is 1. The van der Waals surface area contributed by atoms with Gasteiger partial charge in [0.05, 0.1) is 5.75 Å². The standard InChI is InChI=1S/C14H24N2O2S2/c1-12(13-5-9-19-11-13)15-14-3-6-16(7-4-14)8-10-20(2,17)18/h5,9,11-12,14-15H,3-4,6-8,10H2,1-2H3/t12-/m0/s1. The molecule has 1 aliphatic heterocycles. The Kier molecular flexibility index (Phi) is 5.60. The molecule has 1 saturated heterocycles. The number of piperidine rings is 1. The van der Waals surface area contributed by atoms with Crippen LogP contribution in [0.4, 0.5) is 0 Å². The van der Waals surface area contributed by atoms with E-state index in [2.05, 4.69) is 34.0 Å². The van der Waals surface area contributed by atoms with E-state index >= 15 is 0 Å². The molecule has 1 aliphatic rings. The van der Waals surface area contributed by atoms with Crippen LogP contribution in [0.1, 0.15) is 31.4 Å². The minimum atomic E-state index is -2.84. The summed E-state index contributed by atoms with van der Waals surface area (Å²) in [7, 11) is -2.84. The maximum atomic E-state index is 11.2. The number of nitrogens with zero attached hydrogens (tertiary/aromatic N) is 1. The lowest BCUT2D eigenvalue weighted by Gasteiger charge is -2.33. The third kappa shape index (κ3) is 5.16. The van der Waals surface area contributed by atoms with Crippen molar-refractivity contribution in [3.8, 4) is 0 Å². The zero-order chi connectivity index (χ0) is 14.6. The van der Waals surface area contributed by atoms with Crippen molar-refractivity contribution in [2.75, 3.05) is 31.6 Å². The van der Waals surface area contributed by atoms with Crippen LogP contribution in [-0.4, -0.2) is 51.0 Å². The molecule has 4 nitrogen and oxygen atoms in total. The van der Waals surface area contributed by atoms with Crippen molar-refractivity contribution >= 4 is 21.2 Å². The van der Waals surface area contributed by atoms with Crippen molar-refractivity contribution in [2.45, 2.75) is 31.8 Å². The van der Waals surface area contributed by atoms with Crippen LogP contribution in [0.15, 0.2) is 16.8 Å². The third-order valence-corrected chi connectivity index (χ3v) is 5.52. The Morgan fingerprint density at radius 3 is 2.70 bits per heavy atom. The summed E-state index contributed by atoms with van der Waals surface area (Å²) in [5.74, 6) is 0.274. The van der Waals surface area contributed by atoms with Crippen molar-refractivity contribution in [3.63, 3.8) is 0 Å². The molecular weight excluding hydrogens is 292 g/mol. The molecule has 0 saturated carbocycles. The van der Waals surface area contributed by atoms with Gasteiger partial charge in [0.1, 0.15) is 9.84 Å². The summed E-state index contributed by atoms with van der Waals surface area (Å²) in [5, 5.41) is 7.98. The summed E-state index contributed by atoms with van der Waals surface area (Å²) in [6.07, 6.45) is 3.50. The topological polar surface area (TPSA) is 49.4 Å². The van der Waals surface area contributed by atoms with Crippen molar-refractivity contribution in [3.05, 3.63) is 22.4 Å². The van der Waals surface area contributed by atoms with Crippen molar-refractivity contribution in [1.29, 1.82) is 0 Å². The smallest absolute Gasteiger partial charge is 0.148 e. The molecule has 2 heterocycles. The van der Waals surface area contributed by atoms with Gasteiger partial charge >= 0.3 is 0 Å². The van der Waals surface area contributed by atoms with Crippen molar-refractivity contribution in [2.24, 2.45) is 0 Å². The first-order valence-electron chi connectivity index (χ1n) is 7.12. The lowest BCUT2D eigenvalue weighted by atomic mass is 10.0. The highest BCUT2D eigenvalue weighted by molar-refractivity contribution is 7.90. The maximum Gasteiger partial charge on any atom is 0.148 e. The highest BCUT2D eigenvalue weighted by atomic mass is 32.2. The summed E-state index contributed by atoms with van der Waals surface area (Å²) < 4.78 is 22.4. The van der Waals surface area contributed by atoms with Crippen LogP contribution in [0, 0.1) is 0 Å². The highest BCUT2D eigenvalue weighted by Gasteiger charge is 2.21. The molecule has 1 aromatic rings. The van der Waals surface area contributed by atoms with Gasteiger partial charge in [-0.05, 0) is 55.2 Å². The summed E-state index contributed by atoms with van der Waals surface area (Å²) >= 11 is 1.73. The lowest BCUT2D eigenvalue weighted by molar-refractivity contribution is 0.201. The molecule has 0 spiro atoms. The predicted octanol–water partition coefficient (Wildman–Crippen LogP) is 1.91. The first-order chi connectivity index (χ1) is 9.44. The van der Waals surface area contributed by atoms with E-state index in [9.17, 15) is 8.42 Å². The van der Waals surface area contributed by atoms with Crippen LogP contribution in [0.2, 0.25) is 0 Å². The summed E-state index contributed by atoms with van der Waals surface area (Å²) in [4.78, 5) is 2.26. The molecule has 0 radical (unpaired) electrons. The van der Waals surface area contributed by atoms with E-state index in [0.29, 0.717) is 18.6 Å². The van der Waals surface area contributed by atoms with Crippen LogP contribution in [0.5, 0.6) is 0 Å². The number of hydrogen-bond donors (Lipinski definition) is 1. The Bertz CT molecular complexity index is 491. The number of thiophene rings is 1. The van der Waals surface area contributed by atoms with Gasteiger partial charge in [-0.1, -0.05) is 0 Å². The largest absolute Gasteiger partial charge is 0.307 e. The van der Waals surface area contributed by atoms with Crippen LogP contribution in [-0.2, 0) is 9.84 Å². The van der Waals surface area contributed by atoms with Gasteiger partial charge in [0.2, 0.25) is 0 Å². The number of rotatable bonds is 6. The Morgan fingerprint density at radius 1 is 1.45 bits per heavy atom. The average Bonchev–Trinajstić information content (AvgIpc) is 2.91. The average molecular weight is 316 g/mol. The normalized spacial score (nSPS) is 20.1. The van der Waals surface area contributed by atoms with E-state index in [0.717, 1.165) is 25.9 Å². The fourth-order valence-corrected chi connectivity index (χ4v) is 3.93. The first kappa shape index (κ1) is 15.9. The maximum absolute atomic E-state index is 11.2. The van der Waals surface area contributed by atoms with E-state index in [1.807, 2.05) is 0 Å². The monoisotopic (exact) mass is 316 g/mol. The van der Waals surface area contributed by atoms with Crippen molar-refractivity contribution in [1.82, 2.24) is 10.2 Å². The van der Waals surface area contributed by atoms with Gasteiger partial charge in [-0.3, -0.25) is 0 Å². The summed E-state index contributed by atoms with van der Waals surface area (Å²) in [6, 6.07) is 3.11. The second kappa shape index (κ2) is 7.02. The van der Waals surface area contributed by atoms with Gasteiger partial charge in [0.25, 0.3) is 0 Å². The molecule has 0 unspecified atom stereocenters. The highest BCUT2D eigenvalue weighted by Crippen LogP contribution is 2.19. The Balaban J connectivity index is 1.71. The quantitative estimate of drug-likeness (QED) is 0.871. The predicted molar refractivity (Wildman–Crippen MR) is 85.0 cm³/mol. The van der Waals surface area contributed by atoms with E-state index < -0.39 is 9.84 Å². The minimum Gasteiger partial charge on any atom is -0.307 e. The Labute approximate surface area is 126 Å². The van der Waals surface area contributed by atoms with E-state index in [1.54, 1.807) is 11.3 Å². The lowest BCUT2D eigenvalue weighted by Crippen LogP contribution is -2.44. The molecule has 0 bridgehead atoms. The van der Waals surface area contributed by atoms with Crippen LogP contribution >= 0.6 is 11.3 Å². The molecule has 114 valence electrons. The summed E-state index contributed by atoms with van der Waals surface area (Å²) in [6.45, 7) is 4.86. The number of hydrogen-bond acceptors (Lipinski definition) is 5. The minimum absolute atomic E-state index is 0.274. The third-order valence-electron chi connectivity index (χ3n) is 3.89. The molecule has 0 aliphatic carbocycles. The SMILES string of the molecule is C[C@H](NC1CCN(CCS(C)(=O)=O)CC1)c1ccsc1. The molecule has 1 atom stereocenters. The molecular formula is C14H24N2O2S2. The van der Waals surface area contributed by atoms with E-state index in [1.165, 1.54) is 11.8 Å². The van der Waals surface area contributed by atoms with Gasteiger partial charge < -0.3 is 10.2 Å². The molecule has 0 amide bonds. The van der Waals surface area contributed by atoms with Gasteiger partial charge in [-0.15, -0.1) is 0 Å². The zero-order valence-corrected chi connectivity index (χ0v) is 13.8. The van der Waals surface area contributed by atoms with Crippen LogP contribution in [0.25, 0.3) is 0 Å². The molecule has 20 heavy (non-hydrogen) atoms. The van der Waals surface area contributed by atoms with Gasteiger partial charge in [0, 0.05) is 24.9 Å². The molecule has 0 aromatic carbocycles. The molecule has 1 fully saturated rings. The van der Waals surface area contributed by atoms with Crippen LogP contribution < -0.4 is 5.32 Å². The molecule has 6 heteroatoms. The van der Waals surface area contributed by atoms with Crippen molar-refractivity contribution < 1.29 is 8.42 Å². The fraction of sp³-hybridized carbons (Fsp3) is 0.714. The Hall–Kier alpha value is -0.430.